The average Bonchev–Trinajstić information content (AvgIpc) is 2.18. The zero-order valence-corrected chi connectivity index (χ0v) is 8.74. The minimum atomic E-state index is 0.649. The highest BCUT2D eigenvalue weighted by molar-refractivity contribution is 6.32. The Balaban J connectivity index is 2.91. The van der Waals surface area contributed by atoms with Gasteiger partial charge in [0.05, 0.1) is 5.02 Å². The predicted octanol–water partition coefficient (Wildman–Crippen LogP) is 2.91. The van der Waals surface area contributed by atoms with Gasteiger partial charge in [0.2, 0.25) is 0 Å². The van der Waals surface area contributed by atoms with Crippen molar-refractivity contribution in [2.24, 2.45) is 0 Å². The third kappa shape index (κ3) is 2.60. The number of aromatic nitrogens is 1. The van der Waals surface area contributed by atoms with Crippen molar-refractivity contribution >= 4 is 17.4 Å². The predicted molar refractivity (Wildman–Crippen MR) is 61.9 cm³/mol. The quantitative estimate of drug-likeness (QED) is 0.692. The van der Waals surface area contributed by atoms with Crippen LogP contribution >= 0.6 is 11.6 Å². The molecular weight excluding hydrogens is 196 g/mol. The Morgan fingerprint density at radius 3 is 2.50 bits per heavy atom. The highest BCUT2D eigenvalue weighted by atomic mass is 35.5. The Kier molecular flexibility index (Phi) is 4.20. The third-order valence-electron chi connectivity index (χ3n) is 1.74. The normalized spacial score (nSPS) is 9.50. The molecule has 0 saturated heterocycles. The van der Waals surface area contributed by atoms with E-state index in [1.165, 1.54) is 0 Å². The Morgan fingerprint density at radius 1 is 1.36 bits per heavy atom. The largest absolute Gasteiger partial charge is 0.348 e. The van der Waals surface area contributed by atoms with Crippen LogP contribution in [0.2, 0.25) is 5.02 Å². The van der Waals surface area contributed by atoms with Gasteiger partial charge in [0.1, 0.15) is 5.82 Å². The monoisotopic (exact) mass is 208 g/mol. The summed E-state index contributed by atoms with van der Waals surface area (Å²) in [5.74, 6) is 0.772. The van der Waals surface area contributed by atoms with E-state index in [4.69, 9.17) is 11.6 Å². The van der Waals surface area contributed by atoms with Crippen molar-refractivity contribution in [1.82, 2.24) is 4.98 Å². The number of rotatable bonds is 5. The van der Waals surface area contributed by atoms with Crippen molar-refractivity contribution in [2.75, 3.05) is 18.0 Å². The maximum Gasteiger partial charge on any atom is 0.147 e. The smallest absolute Gasteiger partial charge is 0.147 e. The van der Waals surface area contributed by atoms with Gasteiger partial charge in [-0.25, -0.2) is 4.98 Å². The van der Waals surface area contributed by atoms with E-state index in [-0.39, 0.29) is 0 Å². The molecule has 1 aromatic heterocycles. The van der Waals surface area contributed by atoms with Gasteiger partial charge in [-0.05, 0) is 12.1 Å². The average molecular weight is 209 g/mol. The molecule has 0 aliphatic heterocycles. The molecule has 0 saturated carbocycles. The summed E-state index contributed by atoms with van der Waals surface area (Å²) in [4.78, 5) is 6.22. The lowest BCUT2D eigenvalue weighted by Gasteiger charge is -2.20. The summed E-state index contributed by atoms with van der Waals surface area (Å²) in [5, 5.41) is 0.649. The van der Waals surface area contributed by atoms with Gasteiger partial charge < -0.3 is 4.90 Å². The van der Waals surface area contributed by atoms with Crippen molar-refractivity contribution in [3.63, 3.8) is 0 Å². The number of hydrogen-bond donors (Lipinski definition) is 0. The lowest BCUT2D eigenvalue weighted by Crippen LogP contribution is -2.24. The van der Waals surface area contributed by atoms with Gasteiger partial charge in [-0.15, -0.1) is 13.2 Å². The lowest BCUT2D eigenvalue weighted by atomic mass is 10.4. The third-order valence-corrected chi connectivity index (χ3v) is 2.03. The molecule has 14 heavy (non-hydrogen) atoms. The molecule has 0 amide bonds. The molecule has 2 nitrogen and oxygen atoms in total. The van der Waals surface area contributed by atoms with Crippen LogP contribution in [-0.2, 0) is 0 Å². The summed E-state index contributed by atoms with van der Waals surface area (Å²) in [6.45, 7) is 8.80. The highest BCUT2D eigenvalue weighted by Crippen LogP contribution is 2.21. The molecule has 3 heteroatoms. The Morgan fingerprint density at radius 2 is 2.00 bits per heavy atom. The van der Waals surface area contributed by atoms with Crippen LogP contribution in [-0.4, -0.2) is 18.1 Å². The van der Waals surface area contributed by atoms with E-state index >= 15 is 0 Å². The first-order valence-electron chi connectivity index (χ1n) is 4.37. The van der Waals surface area contributed by atoms with E-state index in [0.717, 1.165) is 5.82 Å². The second-order valence-electron chi connectivity index (χ2n) is 2.79. The Labute approximate surface area is 89.5 Å². The van der Waals surface area contributed by atoms with Gasteiger partial charge in [0.15, 0.2) is 0 Å². The summed E-state index contributed by atoms with van der Waals surface area (Å²) >= 11 is 6.02. The van der Waals surface area contributed by atoms with Crippen LogP contribution in [0.5, 0.6) is 0 Å². The van der Waals surface area contributed by atoms with Crippen LogP contribution in [0, 0.1) is 0 Å². The molecule has 1 heterocycles. The van der Waals surface area contributed by atoms with Gasteiger partial charge >= 0.3 is 0 Å². The standard InChI is InChI=1S/C11H13ClN2/c1-3-8-14(9-4-2)11-10(12)6-5-7-13-11/h3-7H,1-2,8-9H2. The Bertz CT molecular complexity index is 313. The fraction of sp³-hybridized carbons (Fsp3) is 0.182. The maximum atomic E-state index is 6.02. The number of nitrogens with zero attached hydrogens (tertiary/aromatic N) is 2. The molecule has 0 aliphatic rings. The molecular formula is C11H13ClN2. The summed E-state index contributed by atoms with van der Waals surface area (Å²) in [6.07, 6.45) is 5.35. The van der Waals surface area contributed by atoms with E-state index in [2.05, 4.69) is 18.1 Å². The number of halogens is 1. The van der Waals surface area contributed by atoms with E-state index in [1.54, 1.807) is 6.20 Å². The summed E-state index contributed by atoms with van der Waals surface area (Å²) in [5.41, 5.74) is 0. The number of anilines is 1. The fourth-order valence-corrected chi connectivity index (χ4v) is 1.41. The first-order chi connectivity index (χ1) is 6.79. The van der Waals surface area contributed by atoms with Crippen molar-refractivity contribution in [2.45, 2.75) is 0 Å². The van der Waals surface area contributed by atoms with E-state index in [1.807, 2.05) is 29.2 Å². The summed E-state index contributed by atoms with van der Waals surface area (Å²) in [6, 6.07) is 3.63. The van der Waals surface area contributed by atoms with Crippen LogP contribution in [0.1, 0.15) is 0 Å². The van der Waals surface area contributed by atoms with Gasteiger partial charge in [-0.3, -0.25) is 0 Å². The summed E-state index contributed by atoms with van der Waals surface area (Å²) < 4.78 is 0. The zero-order valence-electron chi connectivity index (χ0n) is 7.99. The van der Waals surface area contributed by atoms with Crippen molar-refractivity contribution in [3.05, 3.63) is 48.7 Å². The molecule has 1 aromatic rings. The first kappa shape index (κ1) is 10.8. The van der Waals surface area contributed by atoms with Crippen molar-refractivity contribution in [1.29, 1.82) is 0 Å². The molecule has 74 valence electrons. The molecule has 0 fully saturated rings. The molecule has 1 rings (SSSR count). The van der Waals surface area contributed by atoms with E-state index < -0.39 is 0 Å². The van der Waals surface area contributed by atoms with Gasteiger partial charge in [-0.1, -0.05) is 23.8 Å². The van der Waals surface area contributed by atoms with Crippen molar-refractivity contribution in [3.8, 4) is 0 Å². The molecule has 0 spiro atoms. The van der Waals surface area contributed by atoms with Crippen LogP contribution in [0.25, 0.3) is 0 Å². The maximum absolute atomic E-state index is 6.02. The highest BCUT2D eigenvalue weighted by Gasteiger charge is 2.07. The fourth-order valence-electron chi connectivity index (χ4n) is 1.17. The molecule has 0 N–H and O–H groups in total. The molecule has 0 radical (unpaired) electrons. The zero-order chi connectivity index (χ0) is 10.4. The van der Waals surface area contributed by atoms with Crippen LogP contribution in [0.4, 0.5) is 5.82 Å². The van der Waals surface area contributed by atoms with Crippen molar-refractivity contribution < 1.29 is 0 Å². The topological polar surface area (TPSA) is 16.1 Å². The Hall–Kier alpha value is -1.28. The van der Waals surface area contributed by atoms with E-state index in [9.17, 15) is 0 Å². The minimum absolute atomic E-state index is 0.649. The van der Waals surface area contributed by atoms with Crippen LogP contribution in [0.15, 0.2) is 43.6 Å². The summed E-state index contributed by atoms with van der Waals surface area (Å²) in [7, 11) is 0. The molecule has 0 bridgehead atoms. The van der Waals surface area contributed by atoms with E-state index in [0.29, 0.717) is 18.1 Å². The van der Waals surface area contributed by atoms with Gasteiger partial charge in [0, 0.05) is 19.3 Å². The molecule has 0 unspecified atom stereocenters. The second-order valence-corrected chi connectivity index (χ2v) is 3.20. The lowest BCUT2D eigenvalue weighted by molar-refractivity contribution is 0.927. The second kappa shape index (κ2) is 5.45. The SMILES string of the molecule is C=CCN(CC=C)c1ncccc1Cl. The van der Waals surface area contributed by atoms with Gasteiger partial charge in [-0.2, -0.15) is 0 Å². The van der Waals surface area contributed by atoms with Crippen LogP contribution < -0.4 is 4.90 Å². The first-order valence-corrected chi connectivity index (χ1v) is 4.74. The number of hydrogen-bond acceptors (Lipinski definition) is 2. The molecule has 0 atom stereocenters. The minimum Gasteiger partial charge on any atom is -0.348 e. The van der Waals surface area contributed by atoms with Gasteiger partial charge in [0.25, 0.3) is 0 Å². The molecule has 0 aliphatic carbocycles. The molecule has 0 aromatic carbocycles. The number of pyridine rings is 1. The van der Waals surface area contributed by atoms with Crippen LogP contribution in [0.3, 0.4) is 0 Å².